The van der Waals surface area contributed by atoms with Gasteiger partial charge in [-0.25, -0.2) is 4.79 Å². The Hall–Kier alpha value is -3.66. The van der Waals surface area contributed by atoms with Gasteiger partial charge in [0.2, 0.25) is 0 Å². The molecule has 0 saturated heterocycles. The average Bonchev–Trinajstić information content (AvgIpc) is 2.88. The van der Waals surface area contributed by atoms with E-state index >= 15 is 0 Å². The fourth-order valence-electron chi connectivity index (χ4n) is 7.70. The van der Waals surface area contributed by atoms with Crippen LogP contribution in [0.15, 0.2) is 54.7 Å². The zero-order chi connectivity index (χ0) is 28.3. The molecule has 3 atom stereocenters. The minimum absolute atomic E-state index is 0.0767. The molecule has 210 valence electrons. The van der Waals surface area contributed by atoms with Crippen LogP contribution in [0.1, 0.15) is 60.0 Å². The molecule has 4 aliphatic rings. The van der Waals surface area contributed by atoms with Crippen molar-refractivity contribution < 1.29 is 37.7 Å². The number of aliphatic hydroxyl groups is 1. The molecule has 4 bridgehead atoms. The summed E-state index contributed by atoms with van der Waals surface area (Å²) in [5.41, 5.74) is -1.51. The molecular formula is C30H29F3N2O5. The van der Waals surface area contributed by atoms with Crippen molar-refractivity contribution in [2.24, 2.45) is 17.3 Å². The molecule has 3 unspecified atom stereocenters. The number of amides is 1. The molecule has 1 aromatic heterocycles. The van der Waals surface area contributed by atoms with Crippen LogP contribution in [0.25, 0.3) is 10.9 Å². The van der Waals surface area contributed by atoms with Crippen LogP contribution in [-0.4, -0.2) is 38.7 Å². The van der Waals surface area contributed by atoms with Gasteiger partial charge in [0.05, 0.1) is 16.7 Å². The number of carbonyl (C=O) groups excluding carboxylic acids is 1. The van der Waals surface area contributed by atoms with E-state index in [1.165, 1.54) is 24.4 Å². The molecular weight excluding hydrogens is 525 g/mol. The summed E-state index contributed by atoms with van der Waals surface area (Å²) in [6, 6.07) is 10.1. The number of aliphatic carboxylic acids is 1. The molecule has 0 spiro atoms. The molecule has 3 aromatic rings. The number of hydrogen-bond donors (Lipinski definition) is 3. The van der Waals surface area contributed by atoms with Crippen molar-refractivity contribution in [3.05, 3.63) is 71.4 Å². The Balaban J connectivity index is 1.29. The van der Waals surface area contributed by atoms with Gasteiger partial charge < -0.3 is 20.3 Å². The van der Waals surface area contributed by atoms with Gasteiger partial charge in [-0.05, 0) is 80.2 Å². The van der Waals surface area contributed by atoms with Crippen LogP contribution in [0.5, 0.6) is 5.75 Å². The topological polar surface area (TPSA) is 109 Å². The van der Waals surface area contributed by atoms with Crippen molar-refractivity contribution >= 4 is 22.8 Å². The molecule has 1 heterocycles. The molecule has 40 heavy (non-hydrogen) atoms. The van der Waals surface area contributed by atoms with E-state index in [2.05, 4.69) is 10.3 Å². The Labute approximate surface area is 228 Å². The van der Waals surface area contributed by atoms with E-state index in [4.69, 9.17) is 4.74 Å². The third-order valence-corrected chi connectivity index (χ3v) is 8.85. The van der Waals surface area contributed by atoms with Gasteiger partial charge in [-0.2, -0.15) is 13.2 Å². The molecule has 4 aliphatic carbocycles. The normalized spacial score (nSPS) is 27.9. The highest BCUT2D eigenvalue weighted by molar-refractivity contribution is 6.04. The largest absolute Gasteiger partial charge is 0.486 e. The Morgan fingerprint density at radius 3 is 2.38 bits per heavy atom. The van der Waals surface area contributed by atoms with E-state index in [9.17, 15) is 33.0 Å². The van der Waals surface area contributed by atoms with E-state index in [-0.39, 0.29) is 29.8 Å². The Bertz CT molecular complexity index is 1460. The summed E-state index contributed by atoms with van der Waals surface area (Å²) in [7, 11) is 0. The first-order valence-electron chi connectivity index (χ1n) is 13.4. The molecule has 10 heteroatoms. The van der Waals surface area contributed by atoms with Gasteiger partial charge in [0.25, 0.3) is 5.91 Å². The van der Waals surface area contributed by atoms with E-state index < -0.39 is 40.7 Å². The Kier molecular flexibility index (Phi) is 6.29. The van der Waals surface area contributed by atoms with Gasteiger partial charge in [-0.1, -0.05) is 24.3 Å². The number of aromatic nitrogens is 1. The first kappa shape index (κ1) is 26.6. The number of nitrogens with zero attached hydrogens (tertiary/aromatic N) is 1. The van der Waals surface area contributed by atoms with Gasteiger partial charge in [-0.3, -0.25) is 9.78 Å². The Morgan fingerprint density at radius 1 is 1.05 bits per heavy atom. The van der Waals surface area contributed by atoms with Gasteiger partial charge >= 0.3 is 12.1 Å². The molecule has 7 nitrogen and oxygen atoms in total. The van der Waals surface area contributed by atoms with Crippen LogP contribution in [0.4, 0.5) is 13.2 Å². The van der Waals surface area contributed by atoms with Crippen LogP contribution in [0, 0.1) is 17.3 Å². The molecule has 2 aromatic carbocycles. The van der Waals surface area contributed by atoms with Gasteiger partial charge in [0, 0.05) is 17.0 Å². The number of benzene rings is 2. The molecule has 1 amide bonds. The second-order valence-corrected chi connectivity index (χ2v) is 11.8. The highest BCUT2D eigenvalue weighted by atomic mass is 19.4. The van der Waals surface area contributed by atoms with Crippen LogP contribution in [-0.2, 0) is 17.6 Å². The summed E-state index contributed by atoms with van der Waals surface area (Å²) in [6.45, 7) is -0.128. The fraction of sp³-hybridized carbons (Fsp3) is 0.433. The summed E-state index contributed by atoms with van der Waals surface area (Å²) >= 11 is 0. The summed E-state index contributed by atoms with van der Waals surface area (Å²) in [4.78, 5) is 30.6. The van der Waals surface area contributed by atoms with E-state index in [0.29, 0.717) is 48.6 Å². The van der Waals surface area contributed by atoms with Gasteiger partial charge in [-0.15, -0.1) is 0 Å². The van der Waals surface area contributed by atoms with Crippen molar-refractivity contribution in [3.63, 3.8) is 0 Å². The van der Waals surface area contributed by atoms with Crippen molar-refractivity contribution in [1.29, 1.82) is 0 Å². The van der Waals surface area contributed by atoms with Crippen LogP contribution in [0.3, 0.4) is 0 Å². The second-order valence-electron chi connectivity index (χ2n) is 11.8. The van der Waals surface area contributed by atoms with E-state index in [0.717, 1.165) is 18.6 Å². The standard InChI is InChI=1S/C30H29F3N2O5/c31-30(32,33)21-6-3-17(4-7-21)15-40-24-22(8-5-20-2-1-9-34-23(20)24)26(36)35-25(27(37)38)28-11-18-10-19(12-28)14-29(39,13-18)16-28/h1-9,18-19,25,39H,10-16H2,(H,35,36)(H,37,38). The number of fused-ring (bicyclic) bond motifs is 1. The number of carboxylic acids is 1. The molecule has 0 aliphatic heterocycles. The molecule has 3 N–H and O–H groups in total. The molecule has 0 radical (unpaired) electrons. The zero-order valence-corrected chi connectivity index (χ0v) is 21.6. The highest BCUT2D eigenvalue weighted by Crippen LogP contribution is 2.62. The summed E-state index contributed by atoms with van der Waals surface area (Å²) < 4.78 is 44.9. The predicted octanol–water partition coefficient (Wildman–Crippen LogP) is 5.35. The average molecular weight is 555 g/mol. The van der Waals surface area contributed by atoms with Gasteiger partial charge in [0.15, 0.2) is 5.75 Å². The van der Waals surface area contributed by atoms with Crippen LogP contribution in [0.2, 0.25) is 0 Å². The van der Waals surface area contributed by atoms with Crippen molar-refractivity contribution in [1.82, 2.24) is 10.3 Å². The maximum absolute atomic E-state index is 13.7. The first-order valence-corrected chi connectivity index (χ1v) is 13.4. The number of carboxylic acid groups (broad SMARTS) is 1. The number of rotatable bonds is 7. The number of carbonyl (C=O) groups is 2. The highest BCUT2D eigenvalue weighted by Gasteiger charge is 2.61. The summed E-state index contributed by atoms with van der Waals surface area (Å²) in [6.07, 6.45) is 0.999. The number of halogens is 3. The lowest BCUT2D eigenvalue weighted by molar-refractivity contribution is -0.181. The number of hydrogen-bond acceptors (Lipinski definition) is 5. The van der Waals surface area contributed by atoms with E-state index in [1.807, 2.05) is 0 Å². The number of pyridine rings is 1. The maximum atomic E-state index is 13.7. The van der Waals surface area contributed by atoms with Crippen molar-refractivity contribution in [2.75, 3.05) is 0 Å². The SMILES string of the molecule is O=C(NC(C(=O)O)C12CC3CC(CC(O)(C3)C1)C2)c1ccc2cccnc2c1OCc1ccc(C(F)(F)F)cc1. The number of nitrogens with one attached hydrogen (secondary N) is 1. The second kappa shape index (κ2) is 9.47. The quantitative estimate of drug-likeness (QED) is 0.364. The van der Waals surface area contributed by atoms with Crippen LogP contribution >= 0.6 is 0 Å². The zero-order valence-electron chi connectivity index (χ0n) is 21.6. The number of alkyl halides is 3. The molecule has 4 saturated carbocycles. The number of ether oxygens (including phenoxy) is 1. The molecule has 7 rings (SSSR count). The fourth-order valence-corrected chi connectivity index (χ4v) is 7.70. The van der Waals surface area contributed by atoms with Gasteiger partial charge in [0.1, 0.15) is 18.2 Å². The third-order valence-electron chi connectivity index (χ3n) is 8.85. The van der Waals surface area contributed by atoms with Crippen molar-refractivity contribution in [3.8, 4) is 5.75 Å². The van der Waals surface area contributed by atoms with E-state index in [1.54, 1.807) is 18.2 Å². The van der Waals surface area contributed by atoms with Crippen LogP contribution < -0.4 is 10.1 Å². The lowest BCUT2D eigenvalue weighted by Gasteiger charge is -2.61. The first-order chi connectivity index (χ1) is 18.9. The summed E-state index contributed by atoms with van der Waals surface area (Å²) in [5.74, 6) is -1.21. The third kappa shape index (κ3) is 4.78. The summed E-state index contributed by atoms with van der Waals surface area (Å²) in [5, 5.41) is 24.9. The monoisotopic (exact) mass is 554 g/mol. The maximum Gasteiger partial charge on any atom is 0.416 e. The lowest BCUT2D eigenvalue weighted by atomic mass is 9.46. The Morgan fingerprint density at radius 2 is 1.75 bits per heavy atom. The smallest absolute Gasteiger partial charge is 0.416 e. The predicted molar refractivity (Wildman–Crippen MR) is 138 cm³/mol. The minimum atomic E-state index is -4.46. The van der Waals surface area contributed by atoms with Crippen molar-refractivity contribution in [2.45, 2.75) is 63.0 Å². The lowest BCUT2D eigenvalue weighted by Crippen LogP contribution is -2.64. The minimum Gasteiger partial charge on any atom is -0.486 e. The molecule has 4 fully saturated rings.